The van der Waals surface area contributed by atoms with Crippen molar-refractivity contribution in [1.29, 1.82) is 0 Å². The monoisotopic (exact) mass is 487 g/mol. The Morgan fingerprint density at radius 1 is 1.12 bits per heavy atom. The highest BCUT2D eigenvalue weighted by Crippen LogP contribution is 2.38. The highest BCUT2D eigenvalue weighted by molar-refractivity contribution is 6.30. The van der Waals surface area contributed by atoms with Crippen molar-refractivity contribution in [2.24, 2.45) is 5.92 Å². The van der Waals surface area contributed by atoms with Crippen molar-refractivity contribution in [2.45, 2.75) is 50.7 Å². The topological polar surface area (TPSA) is 66.2 Å². The van der Waals surface area contributed by atoms with Crippen molar-refractivity contribution in [3.05, 3.63) is 56.7 Å². The number of aromatic nitrogens is 3. The molecule has 0 amide bonds. The maximum Gasteiger partial charge on any atom is 0.261 e. The van der Waals surface area contributed by atoms with Gasteiger partial charge in [-0.1, -0.05) is 11.6 Å². The van der Waals surface area contributed by atoms with E-state index in [9.17, 15) is 9.18 Å². The number of hydrogen-bond donors (Lipinski definition) is 0. The molecule has 0 saturated carbocycles. The van der Waals surface area contributed by atoms with Crippen LogP contribution in [0.1, 0.15) is 43.1 Å². The molecule has 34 heavy (non-hydrogen) atoms. The molecule has 0 spiro atoms. The van der Waals surface area contributed by atoms with Crippen molar-refractivity contribution < 1.29 is 18.3 Å². The van der Waals surface area contributed by atoms with Crippen LogP contribution in [0.2, 0.25) is 5.02 Å². The van der Waals surface area contributed by atoms with E-state index in [0.29, 0.717) is 54.5 Å². The number of nitrogens with zero attached hydrogens (tertiary/aromatic N) is 3. The van der Waals surface area contributed by atoms with E-state index in [1.165, 1.54) is 12.1 Å². The molecular formula is C25H24ClF2N3O3. The zero-order valence-corrected chi connectivity index (χ0v) is 19.3. The molecule has 3 atom stereocenters. The number of pyridine rings is 1. The van der Waals surface area contributed by atoms with E-state index in [4.69, 9.17) is 26.1 Å². The van der Waals surface area contributed by atoms with Crippen LogP contribution in [0.3, 0.4) is 0 Å². The average molecular weight is 488 g/mol. The normalized spacial score (nSPS) is 24.6. The molecule has 0 aliphatic carbocycles. The Bertz CT molecular complexity index is 1340. The Morgan fingerprint density at radius 2 is 2.00 bits per heavy atom. The van der Waals surface area contributed by atoms with Crippen LogP contribution < -0.4 is 5.56 Å². The Morgan fingerprint density at radius 3 is 2.82 bits per heavy atom. The number of halogens is 3. The zero-order chi connectivity index (χ0) is 23.4. The Labute approximate surface area is 199 Å². The number of fused-ring (bicyclic) bond motifs is 2. The molecule has 1 aromatic carbocycles. The summed E-state index contributed by atoms with van der Waals surface area (Å²) in [6.07, 6.45) is 3.96. The summed E-state index contributed by atoms with van der Waals surface area (Å²) < 4.78 is 42.7. The first-order valence-electron chi connectivity index (χ1n) is 11.8. The third kappa shape index (κ3) is 3.63. The number of hydrogen-bond acceptors (Lipinski definition) is 5. The van der Waals surface area contributed by atoms with Gasteiger partial charge in [0.2, 0.25) is 0 Å². The van der Waals surface area contributed by atoms with Gasteiger partial charge in [-0.05, 0) is 43.9 Å². The fraction of sp³-hybridized carbons (Fsp3) is 0.480. The summed E-state index contributed by atoms with van der Waals surface area (Å²) >= 11 is 5.80. The van der Waals surface area contributed by atoms with E-state index in [1.807, 2.05) is 0 Å². The summed E-state index contributed by atoms with van der Waals surface area (Å²) in [5.74, 6) is -1.21. The first-order chi connectivity index (χ1) is 16.5. The van der Waals surface area contributed by atoms with Gasteiger partial charge in [0.25, 0.3) is 5.56 Å². The maximum atomic E-state index is 15.0. The minimum absolute atomic E-state index is 0.0281. The second-order valence-corrected chi connectivity index (χ2v) is 9.76. The number of rotatable bonds is 3. The lowest BCUT2D eigenvalue weighted by Crippen LogP contribution is -2.32. The van der Waals surface area contributed by atoms with E-state index < -0.39 is 11.6 Å². The molecule has 3 aliphatic heterocycles. The van der Waals surface area contributed by atoms with E-state index in [2.05, 4.69) is 4.98 Å². The average Bonchev–Trinajstić information content (AvgIpc) is 3.55. The summed E-state index contributed by atoms with van der Waals surface area (Å²) in [6.45, 7) is 2.60. The Hall–Kier alpha value is -2.42. The number of ether oxygens (including phenoxy) is 2. The van der Waals surface area contributed by atoms with Crippen LogP contribution in [0, 0.1) is 17.6 Å². The van der Waals surface area contributed by atoms with E-state index >= 15 is 4.39 Å². The second kappa shape index (κ2) is 8.66. The van der Waals surface area contributed by atoms with Crippen LogP contribution in [0.4, 0.5) is 8.78 Å². The fourth-order valence-corrected chi connectivity index (χ4v) is 5.63. The van der Waals surface area contributed by atoms with Gasteiger partial charge in [0.15, 0.2) is 11.6 Å². The van der Waals surface area contributed by atoms with Gasteiger partial charge in [-0.2, -0.15) is 0 Å². The van der Waals surface area contributed by atoms with E-state index in [-0.39, 0.29) is 33.9 Å². The van der Waals surface area contributed by atoms with Gasteiger partial charge in [-0.3, -0.25) is 14.3 Å². The highest BCUT2D eigenvalue weighted by atomic mass is 35.5. The molecule has 3 aliphatic rings. The predicted molar refractivity (Wildman–Crippen MR) is 123 cm³/mol. The summed E-state index contributed by atoms with van der Waals surface area (Å²) in [5, 5.41) is 0.0781. The smallest absolute Gasteiger partial charge is 0.261 e. The first-order valence-corrected chi connectivity index (χ1v) is 12.2. The molecule has 6 rings (SSSR count). The minimum Gasteiger partial charge on any atom is -0.381 e. The third-order valence-corrected chi connectivity index (χ3v) is 7.63. The Balaban J connectivity index is 1.52. The molecule has 2 saturated heterocycles. The molecule has 178 valence electrons. The van der Waals surface area contributed by atoms with Gasteiger partial charge in [0.1, 0.15) is 17.0 Å². The van der Waals surface area contributed by atoms with Crippen LogP contribution in [-0.2, 0) is 22.4 Å². The van der Waals surface area contributed by atoms with Crippen LogP contribution in [0.25, 0.3) is 22.2 Å². The predicted octanol–water partition coefficient (Wildman–Crippen LogP) is 4.64. The quantitative estimate of drug-likeness (QED) is 0.504. The lowest BCUT2D eigenvalue weighted by atomic mass is 9.85. The highest BCUT2D eigenvalue weighted by Gasteiger charge is 2.34. The van der Waals surface area contributed by atoms with Crippen molar-refractivity contribution in [3.8, 4) is 11.3 Å². The maximum absolute atomic E-state index is 15.0. The van der Waals surface area contributed by atoms with E-state index in [0.717, 1.165) is 32.3 Å². The molecule has 0 bridgehead atoms. The van der Waals surface area contributed by atoms with Gasteiger partial charge in [0, 0.05) is 49.3 Å². The van der Waals surface area contributed by atoms with Gasteiger partial charge >= 0.3 is 0 Å². The van der Waals surface area contributed by atoms with Crippen LogP contribution in [0.5, 0.6) is 0 Å². The van der Waals surface area contributed by atoms with Crippen molar-refractivity contribution in [3.63, 3.8) is 0 Å². The summed E-state index contributed by atoms with van der Waals surface area (Å²) in [4.78, 5) is 22.9. The lowest BCUT2D eigenvalue weighted by molar-refractivity contribution is -0.0310. The van der Waals surface area contributed by atoms with Crippen molar-refractivity contribution >= 4 is 22.5 Å². The lowest BCUT2D eigenvalue weighted by Gasteiger charge is -2.32. The zero-order valence-electron chi connectivity index (χ0n) is 18.5. The summed E-state index contributed by atoms with van der Waals surface area (Å²) in [5.41, 5.74) is 0.957. The summed E-state index contributed by atoms with van der Waals surface area (Å²) in [7, 11) is 0. The van der Waals surface area contributed by atoms with Gasteiger partial charge in [-0.25, -0.2) is 13.8 Å². The largest absolute Gasteiger partial charge is 0.381 e. The van der Waals surface area contributed by atoms with Gasteiger partial charge in [-0.15, -0.1) is 0 Å². The molecule has 3 aromatic rings. The van der Waals surface area contributed by atoms with Crippen molar-refractivity contribution in [2.75, 3.05) is 19.8 Å². The third-order valence-electron chi connectivity index (χ3n) is 7.34. The summed E-state index contributed by atoms with van der Waals surface area (Å²) in [6, 6.07) is 4.50. The molecule has 2 fully saturated rings. The SMILES string of the molecule is O=c1c2cc([C@H]3CCO[C@@H](C4CCOC4)C3)nc(-c3ccc(Cl)c(F)c3F)c2nc2n1CCC2. The molecule has 1 unspecified atom stereocenters. The molecule has 0 N–H and O–H groups in total. The molecule has 6 nitrogen and oxygen atoms in total. The molecule has 9 heteroatoms. The fourth-order valence-electron chi connectivity index (χ4n) is 5.48. The number of aryl methyl sites for hydroxylation is 1. The minimum atomic E-state index is -1.13. The van der Waals surface area contributed by atoms with Crippen LogP contribution >= 0.6 is 11.6 Å². The Kier molecular flexibility index (Phi) is 5.62. The van der Waals surface area contributed by atoms with Gasteiger partial charge in [0.05, 0.1) is 23.1 Å². The first kappa shape index (κ1) is 22.1. The molecule has 5 heterocycles. The van der Waals surface area contributed by atoms with E-state index in [1.54, 1.807) is 10.6 Å². The van der Waals surface area contributed by atoms with Crippen molar-refractivity contribution in [1.82, 2.24) is 14.5 Å². The second-order valence-electron chi connectivity index (χ2n) is 9.36. The van der Waals surface area contributed by atoms with Crippen LogP contribution in [0.15, 0.2) is 23.0 Å². The standard InChI is InChI=1S/C25H24ClF2N3O3/c26-17-4-3-15(21(27)22(17)28)23-24-16(25(32)31-7-1-2-20(31)30-24)11-18(29-23)13-6-9-34-19(10-13)14-5-8-33-12-14/h3-4,11,13-14,19H,1-2,5-10,12H2/t13-,14?,19+/m0/s1. The van der Waals surface area contributed by atoms with Crippen LogP contribution in [-0.4, -0.2) is 40.5 Å². The van der Waals surface area contributed by atoms with Gasteiger partial charge < -0.3 is 9.47 Å². The molecule has 0 radical (unpaired) electrons. The number of benzene rings is 1. The molecule has 2 aromatic heterocycles. The molecular weight excluding hydrogens is 464 g/mol.